The van der Waals surface area contributed by atoms with Gasteiger partial charge >= 0.3 is 0 Å². The molecule has 0 aliphatic carbocycles. The van der Waals surface area contributed by atoms with E-state index in [9.17, 15) is 0 Å². The van der Waals surface area contributed by atoms with Crippen molar-refractivity contribution in [1.29, 1.82) is 0 Å². The lowest BCUT2D eigenvalue weighted by Crippen LogP contribution is -2.12. The zero-order valence-corrected chi connectivity index (χ0v) is 10.6. The van der Waals surface area contributed by atoms with Gasteiger partial charge in [-0.05, 0) is 48.0 Å². The molecule has 0 unspecified atom stereocenters. The Balaban J connectivity index is 2.94. The van der Waals surface area contributed by atoms with Gasteiger partial charge in [-0.15, -0.1) is 0 Å². The topological polar surface area (TPSA) is 38.0 Å². The first-order chi connectivity index (χ1) is 6.50. The standard InChI is InChI=1S/C10H13BrN2S/c1-6(2)13-7-3-4-8(10(12)14)9(11)5-7/h3-6,13H,1-2H3,(H2,12,14). The maximum Gasteiger partial charge on any atom is 0.105 e. The van der Waals surface area contributed by atoms with Crippen LogP contribution in [0.4, 0.5) is 5.69 Å². The van der Waals surface area contributed by atoms with Gasteiger partial charge in [-0.25, -0.2) is 0 Å². The molecule has 0 saturated heterocycles. The maximum absolute atomic E-state index is 5.55. The minimum absolute atomic E-state index is 0.410. The van der Waals surface area contributed by atoms with Gasteiger partial charge in [0, 0.05) is 21.8 Å². The van der Waals surface area contributed by atoms with Crippen molar-refractivity contribution >= 4 is 38.8 Å². The fourth-order valence-corrected chi connectivity index (χ4v) is 2.04. The van der Waals surface area contributed by atoms with Crippen LogP contribution in [-0.2, 0) is 0 Å². The van der Waals surface area contributed by atoms with Crippen LogP contribution in [0, 0.1) is 0 Å². The minimum atomic E-state index is 0.410. The fourth-order valence-electron chi connectivity index (χ4n) is 1.14. The van der Waals surface area contributed by atoms with Crippen molar-refractivity contribution < 1.29 is 0 Å². The molecule has 0 radical (unpaired) electrons. The first kappa shape index (κ1) is 11.5. The molecule has 0 spiro atoms. The van der Waals surface area contributed by atoms with Crippen molar-refractivity contribution in [3.05, 3.63) is 28.2 Å². The smallest absolute Gasteiger partial charge is 0.105 e. The van der Waals surface area contributed by atoms with E-state index in [4.69, 9.17) is 18.0 Å². The Morgan fingerprint density at radius 3 is 2.57 bits per heavy atom. The summed E-state index contributed by atoms with van der Waals surface area (Å²) in [5.41, 5.74) is 7.48. The molecule has 0 aliphatic heterocycles. The number of halogens is 1. The van der Waals surface area contributed by atoms with Crippen molar-refractivity contribution in [3.63, 3.8) is 0 Å². The lowest BCUT2D eigenvalue weighted by Gasteiger charge is -2.11. The van der Waals surface area contributed by atoms with E-state index in [2.05, 4.69) is 35.1 Å². The molecule has 0 atom stereocenters. The van der Waals surface area contributed by atoms with Crippen LogP contribution in [-0.4, -0.2) is 11.0 Å². The molecule has 1 rings (SSSR count). The Kier molecular flexibility index (Phi) is 3.89. The molecule has 0 bridgehead atoms. The number of thiocarbonyl (C=S) groups is 1. The predicted octanol–water partition coefficient (Wildman–Crippen LogP) is 2.90. The summed E-state index contributed by atoms with van der Waals surface area (Å²) in [7, 11) is 0. The number of hydrogen-bond donors (Lipinski definition) is 2. The van der Waals surface area contributed by atoms with E-state index in [1.165, 1.54) is 0 Å². The fraction of sp³-hybridized carbons (Fsp3) is 0.300. The van der Waals surface area contributed by atoms with Gasteiger partial charge < -0.3 is 11.1 Å². The van der Waals surface area contributed by atoms with Crippen LogP contribution < -0.4 is 11.1 Å². The van der Waals surface area contributed by atoms with Crippen LogP contribution in [0.25, 0.3) is 0 Å². The highest BCUT2D eigenvalue weighted by Gasteiger charge is 2.04. The summed E-state index contributed by atoms with van der Waals surface area (Å²) in [6.45, 7) is 4.19. The average molecular weight is 273 g/mol. The van der Waals surface area contributed by atoms with Crippen LogP contribution in [0.15, 0.2) is 22.7 Å². The van der Waals surface area contributed by atoms with Gasteiger partial charge in [-0.3, -0.25) is 0 Å². The van der Waals surface area contributed by atoms with Crippen LogP contribution in [0.5, 0.6) is 0 Å². The number of benzene rings is 1. The lowest BCUT2D eigenvalue weighted by atomic mass is 10.2. The molecule has 1 aromatic rings. The van der Waals surface area contributed by atoms with Gasteiger partial charge in [0.1, 0.15) is 4.99 Å². The van der Waals surface area contributed by atoms with Crippen LogP contribution in [0.3, 0.4) is 0 Å². The summed E-state index contributed by atoms with van der Waals surface area (Å²) in [4.78, 5) is 0.410. The van der Waals surface area contributed by atoms with E-state index in [0.29, 0.717) is 11.0 Å². The minimum Gasteiger partial charge on any atom is -0.389 e. The largest absolute Gasteiger partial charge is 0.389 e. The molecule has 2 nitrogen and oxygen atoms in total. The summed E-state index contributed by atoms with van der Waals surface area (Å²) in [5.74, 6) is 0. The number of rotatable bonds is 3. The van der Waals surface area contributed by atoms with Gasteiger partial charge in [0.15, 0.2) is 0 Å². The Morgan fingerprint density at radius 2 is 2.14 bits per heavy atom. The van der Waals surface area contributed by atoms with Gasteiger partial charge in [0.2, 0.25) is 0 Å². The first-order valence-electron chi connectivity index (χ1n) is 4.36. The molecule has 76 valence electrons. The third kappa shape index (κ3) is 2.96. The number of nitrogens with two attached hydrogens (primary N) is 1. The van der Waals surface area contributed by atoms with Crippen molar-refractivity contribution in [2.24, 2.45) is 5.73 Å². The SMILES string of the molecule is CC(C)Nc1ccc(C(N)=S)c(Br)c1. The monoisotopic (exact) mass is 272 g/mol. The second kappa shape index (κ2) is 4.75. The van der Waals surface area contributed by atoms with Gasteiger partial charge in [-0.1, -0.05) is 12.2 Å². The van der Waals surface area contributed by atoms with Crippen LogP contribution in [0.2, 0.25) is 0 Å². The summed E-state index contributed by atoms with van der Waals surface area (Å²) in [6.07, 6.45) is 0. The molecule has 0 aromatic heterocycles. The van der Waals surface area contributed by atoms with Gasteiger partial charge in [-0.2, -0.15) is 0 Å². The molecule has 14 heavy (non-hydrogen) atoms. The second-order valence-corrected chi connectivity index (χ2v) is 4.65. The number of anilines is 1. The van der Waals surface area contributed by atoms with E-state index in [1.54, 1.807) is 0 Å². The summed E-state index contributed by atoms with van der Waals surface area (Å²) >= 11 is 8.34. The molecular formula is C10H13BrN2S. The van der Waals surface area contributed by atoms with E-state index >= 15 is 0 Å². The zero-order valence-electron chi connectivity index (χ0n) is 8.17. The Hall–Kier alpha value is -0.610. The molecule has 0 heterocycles. The van der Waals surface area contributed by atoms with Gasteiger partial charge in [0.25, 0.3) is 0 Å². The van der Waals surface area contributed by atoms with Crippen molar-refractivity contribution in [2.45, 2.75) is 19.9 Å². The Bertz CT molecular complexity index is 350. The summed E-state index contributed by atoms with van der Waals surface area (Å²) in [6, 6.07) is 6.28. The number of nitrogens with one attached hydrogen (secondary N) is 1. The third-order valence-electron chi connectivity index (χ3n) is 1.69. The molecule has 0 amide bonds. The predicted molar refractivity (Wildman–Crippen MR) is 68.8 cm³/mol. The van der Waals surface area contributed by atoms with E-state index in [1.807, 2.05) is 18.2 Å². The molecule has 0 saturated carbocycles. The van der Waals surface area contributed by atoms with Crippen molar-refractivity contribution in [2.75, 3.05) is 5.32 Å². The van der Waals surface area contributed by atoms with Gasteiger partial charge in [0.05, 0.1) is 0 Å². The molecule has 1 aromatic carbocycles. The zero-order chi connectivity index (χ0) is 10.7. The van der Waals surface area contributed by atoms with Crippen molar-refractivity contribution in [1.82, 2.24) is 0 Å². The summed E-state index contributed by atoms with van der Waals surface area (Å²) in [5, 5.41) is 3.30. The van der Waals surface area contributed by atoms with Crippen molar-refractivity contribution in [3.8, 4) is 0 Å². The molecule has 3 N–H and O–H groups in total. The third-order valence-corrected chi connectivity index (χ3v) is 2.57. The Labute approximate surface area is 98.0 Å². The molecular weight excluding hydrogens is 260 g/mol. The average Bonchev–Trinajstić information content (AvgIpc) is 2.01. The molecule has 0 fully saturated rings. The quantitative estimate of drug-likeness (QED) is 0.832. The van der Waals surface area contributed by atoms with Crippen LogP contribution >= 0.6 is 28.1 Å². The normalized spacial score (nSPS) is 10.3. The number of hydrogen-bond acceptors (Lipinski definition) is 2. The highest BCUT2D eigenvalue weighted by Crippen LogP contribution is 2.21. The highest BCUT2D eigenvalue weighted by atomic mass is 79.9. The molecule has 0 aliphatic rings. The van der Waals surface area contributed by atoms with E-state index in [0.717, 1.165) is 15.7 Å². The maximum atomic E-state index is 5.55. The Morgan fingerprint density at radius 1 is 1.50 bits per heavy atom. The second-order valence-electron chi connectivity index (χ2n) is 3.36. The van der Waals surface area contributed by atoms with E-state index in [-0.39, 0.29) is 0 Å². The summed E-state index contributed by atoms with van der Waals surface area (Å²) < 4.78 is 0.927. The lowest BCUT2D eigenvalue weighted by molar-refractivity contribution is 0.899. The molecule has 4 heteroatoms. The van der Waals surface area contributed by atoms with E-state index < -0.39 is 0 Å². The van der Waals surface area contributed by atoms with Crippen LogP contribution in [0.1, 0.15) is 19.4 Å². The first-order valence-corrected chi connectivity index (χ1v) is 5.56. The highest BCUT2D eigenvalue weighted by molar-refractivity contribution is 9.10.